The van der Waals surface area contributed by atoms with Gasteiger partial charge in [-0.25, -0.2) is 0 Å². The number of rotatable bonds is 5. The van der Waals surface area contributed by atoms with E-state index >= 15 is 0 Å². The van der Waals surface area contributed by atoms with Crippen LogP contribution in [0.15, 0.2) is 16.8 Å². The van der Waals surface area contributed by atoms with Gasteiger partial charge in [0.25, 0.3) is 0 Å². The summed E-state index contributed by atoms with van der Waals surface area (Å²) in [5, 5.41) is 12.7. The summed E-state index contributed by atoms with van der Waals surface area (Å²) in [6, 6.07) is 1.65. The van der Waals surface area contributed by atoms with Crippen molar-refractivity contribution in [3.05, 3.63) is 22.4 Å². The Bertz CT molecular complexity index is 371. The summed E-state index contributed by atoms with van der Waals surface area (Å²) in [7, 11) is 0. The van der Waals surface area contributed by atoms with Crippen LogP contribution in [0.4, 0.5) is 0 Å². The fourth-order valence-electron chi connectivity index (χ4n) is 1.59. The van der Waals surface area contributed by atoms with Gasteiger partial charge in [0.15, 0.2) is 5.41 Å². The fourth-order valence-corrected chi connectivity index (χ4v) is 2.32. The highest BCUT2D eigenvalue weighted by molar-refractivity contribution is 7.08. The quantitative estimate of drug-likeness (QED) is 0.634. The number of carboxylic acid groups (broad SMARTS) is 1. The first kappa shape index (κ1) is 12.7. The van der Waals surface area contributed by atoms with Crippen LogP contribution in [0.1, 0.15) is 25.8 Å². The zero-order valence-corrected chi connectivity index (χ0v) is 10.0. The standard InChI is InChI=1S/C11H14O4S/c1-3-11(9(12)13,10(14)15-4-2)8-5-6-16-7-8/h5-7H,3-4H2,1-2H3,(H,12,13). The molecule has 1 rings (SSSR count). The summed E-state index contributed by atoms with van der Waals surface area (Å²) < 4.78 is 4.87. The molecule has 0 saturated carbocycles. The smallest absolute Gasteiger partial charge is 0.328 e. The van der Waals surface area contributed by atoms with Gasteiger partial charge in [-0.3, -0.25) is 9.59 Å². The second kappa shape index (κ2) is 5.12. The zero-order chi connectivity index (χ0) is 12.2. The van der Waals surface area contributed by atoms with Crippen LogP contribution in [0.3, 0.4) is 0 Å². The van der Waals surface area contributed by atoms with E-state index in [0.29, 0.717) is 5.56 Å². The summed E-state index contributed by atoms with van der Waals surface area (Å²) in [5.74, 6) is -1.85. The van der Waals surface area contributed by atoms with Crippen molar-refractivity contribution in [1.29, 1.82) is 0 Å². The topological polar surface area (TPSA) is 63.6 Å². The van der Waals surface area contributed by atoms with E-state index in [0.717, 1.165) is 0 Å². The van der Waals surface area contributed by atoms with Crippen LogP contribution in [0.5, 0.6) is 0 Å². The van der Waals surface area contributed by atoms with Gasteiger partial charge < -0.3 is 9.84 Å². The van der Waals surface area contributed by atoms with E-state index in [1.165, 1.54) is 11.3 Å². The molecule has 0 amide bonds. The third-order valence-corrected chi connectivity index (χ3v) is 3.22. The molecule has 0 radical (unpaired) electrons. The van der Waals surface area contributed by atoms with Gasteiger partial charge in [-0.15, -0.1) is 0 Å². The highest BCUT2D eigenvalue weighted by Crippen LogP contribution is 2.31. The molecule has 0 aliphatic heterocycles. The Morgan fingerprint density at radius 1 is 1.50 bits per heavy atom. The fraction of sp³-hybridized carbons (Fsp3) is 0.455. The number of carbonyl (C=O) groups excluding carboxylic acids is 1. The zero-order valence-electron chi connectivity index (χ0n) is 9.23. The molecule has 0 spiro atoms. The van der Waals surface area contributed by atoms with Crippen LogP contribution in [0.25, 0.3) is 0 Å². The van der Waals surface area contributed by atoms with Crippen LogP contribution in [-0.2, 0) is 19.7 Å². The Balaban J connectivity index is 3.21. The van der Waals surface area contributed by atoms with E-state index in [1.807, 2.05) is 0 Å². The van der Waals surface area contributed by atoms with Crippen molar-refractivity contribution in [2.45, 2.75) is 25.7 Å². The number of hydrogen-bond acceptors (Lipinski definition) is 4. The number of esters is 1. The lowest BCUT2D eigenvalue weighted by Gasteiger charge is -2.24. The number of carbonyl (C=O) groups is 2. The lowest BCUT2D eigenvalue weighted by Crippen LogP contribution is -2.44. The number of aliphatic carboxylic acids is 1. The van der Waals surface area contributed by atoms with E-state index in [2.05, 4.69) is 0 Å². The number of carboxylic acids is 1. The minimum Gasteiger partial charge on any atom is -0.480 e. The Morgan fingerprint density at radius 3 is 2.56 bits per heavy atom. The van der Waals surface area contributed by atoms with E-state index in [4.69, 9.17) is 4.74 Å². The third-order valence-electron chi connectivity index (χ3n) is 2.53. The van der Waals surface area contributed by atoms with E-state index in [1.54, 1.807) is 30.7 Å². The van der Waals surface area contributed by atoms with Crippen molar-refractivity contribution in [2.75, 3.05) is 6.61 Å². The molecule has 0 aliphatic rings. The molecular weight excluding hydrogens is 228 g/mol. The largest absolute Gasteiger partial charge is 0.480 e. The lowest BCUT2D eigenvalue weighted by atomic mass is 9.79. The van der Waals surface area contributed by atoms with Gasteiger partial charge in [0.05, 0.1) is 6.61 Å². The molecule has 0 fully saturated rings. The molecule has 5 heteroatoms. The Labute approximate surface area is 97.9 Å². The summed E-state index contributed by atoms with van der Waals surface area (Å²) in [6.45, 7) is 3.51. The Kier molecular flexibility index (Phi) is 4.06. The SMILES string of the molecule is CCOC(=O)C(CC)(C(=O)O)c1ccsc1. The second-order valence-electron chi connectivity index (χ2n) is 3.30. The summed E-state index contributed by atoms with van der Waals surface area (Å²) >= 11 is 1.36. The maximum absolute atomic E-state index is 11.8. The average molecular weight is 242 g/mol. The molecule has 1 unspecified atom stereocenters. The predicted octanol–water partition coefficient (Wildman–Crippen LogP) is 2.04. The van der Waals surface area contributed by atoms with Crippen LogP contribution in [-0.4, -0.2) is 23.7 Å². The van der Waals surface area contributed by atoms with Crippen molar-refractivity contribution < 1.29 is 19.4 Å². The first-order valence-electron chi connectivity index (χ1n) is 5.02. The molecule has 1 N–H and O–H groups in total. The first-order chi connectivity index (χ1) is 7.59. The van der Waals surface area contributed by atoms with Crippen molar-refractivity contribution in [2.24, 2.45) is 0 Å². The summed E-state index contributed by atoms with van der Waals surface area (Å²) in [5.41, 5.74) is -1.07. The molecule has 1 heterocycles. The third kappa shape index (κ3) is 1.95. The molecule has 0 bridgehead atoms. The van der Waals surface area contributed by atoms with Crippen LogP contribution >= 0.6 is 11.3 Å². The van der Waals surface area contributed by atoms with Crippen LogP contribution in [0, 0.1) is 0 Å². The molecule has 1 aromatic rings. The van der Waals surface area contributed by atoms with Gasteiger partial charge in [-0.1, -0.05) is 6.92 Å². The minimum atomic E-state index is -1.56. The molecule has 4 nitrogen and oxygen atoms in total. The van der Waals surface area contributed by atoms with Crippen molar-refractivity contribution in [3.8, 4) is 0 Å². The monoisotopic (exact) mass is 242 g/mol. The van der Waals surface area contributed by atoms with Crippen molar-refractivity contribution >= 4 is 23.3 Å². The average Bonchev–Trinajstić information content (AvgIpc) is 2.73. The molecular formula is C11H14O4S. The molecule has 16 heavy (non-hydrogen) atoms. The van der Waals surface area contributed by atoms with Crippen molar-refractivity contribution in [1.82, 2.24) is 0 Å². The Morgan fingerprint density at radius 2 is 2.19 bits per heavy atom. The van der Waals surface area contributed by atoms with Gasteiger partial charge in [0.1, 0.15) is 0 Å². The van der Waals surface area contributed by atoms with Crippen LogP contribution in [0.2, 0.25) is 0 Å². The minimum absolute atomic E-state index is 0.178. The number of hydrogen-bond donors (Lipinski definition) is 1. The molecule has 1 aromatic heterocycles. The first-order valence-corrected chi connectivity index (χ1v) is 5.97. The predicted molar refractivity (Wildman–Crippen MR) is 60.6 cm³/mol. The highest BCUT2D eigenvalue weighted by Gasteiger charge is 2.48. The molecule has 0 aliphatic carbocycles. The van der Waals surface area contributed by atoms with E-state index in [9.17, 15) is 14.7 Å². The highest BCUT2D eigenvalue weighted by atomic mass is 32.1. The van der Waals surface area contributed by atoms with Crippen molar-refractivity contribution in [3.63, 3.8) is 0 Å². The van der Waals surface area contributed by atoms with Gasteiger partial charge >= 0.3 is 11.9 Å². The van der Waals surface area contributed by atoms with Gasteiger partial charge in [0, 0.05) is 0 Å². The molecule has 0 saturated heterocycles. The number of thiophene rings is 1. The van der Waals surface area contributed by atoms with E-state index in [-0.39, 0.29) is 13.0 Å². The normalized spacial score (nSPS) is 14.1. The summed E-state index contributed by atoms with van der Waals surface area (Å²) in [6.07, 6.45) is 0.178. The Hall–Kier alpha value is -1.36. The lowest BCUT2D eigenvalue weighted by molar-refractivity contribution is -0.161. The second-order valence-corrected chi connectivity index (χ2v) is 4.08. The molecule has 1 atom stereocenters. The molecule has 0 aromatic carbocycles. The van der Waals surface area contributed by atoms with Gasteiger partial charge in [-0.05, 0) is 35.7 Å². The van der Waals surface area contributed by atoms with E-state index < -0.39 is 17.4 Å². The summed E-state index contributed by atoms with van der Waals surface area (Å²) in [4.78, 5) is 23.2. The number of ether oxygens (including phenoxy) is 1. The maximum Gasteiger partial charge on any atom is 0.328 e. The van der Waals surface area contributed by atoms with Crippen LogP contribution < -0.4 is 0 Å². The maximum atomic E-state index is 11.8. The molecule has 88 valence electrons. The van der Waals surface area contributed by atoms with Gasteiger partial charge in [-0.2, -0.15) is 11.3 Å². The van der Waals surface area contributed by atoms with Gasteiger partial charge in [0.2, 0.25) is 0 Å².